The first-order valence-corrected chi connectivity index (χ1v) is 12.0. The fraction of sp³-hybridized carbons (Fsp3) is 0.0800. The van der Waals surface area contributed by atoms with Gasteiger partial charge in [0.2, 0.25) is 0 Å². The summed E-state index contributed by atoms with van der Waals surface area (Å²) in [6.45, 7) is 2.47. The molecular weight excluding hydrogens is 472 g/mol. The number of rotatable bonds is 6. The Kier molecular flexibility index (Phi) is 5.72. The molecule has 7 nitrogen and oxygen atoms in total. The molecule has 1 aromatic heterocycles. The maximum absolute atomic E-state index is 12.6. The molecule has 1 aliphatic rings. The highest BCUT2D eigenvalue weighted by Crippen LogP contribution is 2.40. The summed E-state index contributed by atoms with van der Waals surface area (Å²) in [6, 6.07) is 16.9. The van der Waals surface area contributed by atoms with Gasteiger partial charge in [-0.05, 0) is 42.8 Å². The lowest BCUT2D eigenvalue weighted by Gasteiger charge is -2.03. The molecule has 0 N–H and O–H groups in total. The topological polar surface area (TPSA) is 99.4 Å². The van der Waals surface area contributed by atoms with Crippen molar-refractivity contribution in [2.24, 2.45) is 0 Å². The van der Waals surface area contributed by atoms with Gasteiger partial charge in [-0.15, -0.1) is 11.3 Å². The van der Waals surface area contributed by atoms with Crippen molar-refractivity contribution in [3.05, 3.63) is 93.0 Å². The Morgan fingerprint density at radius 1 is 1.06 bits per heavy atom. The van der Waals surface area contributed by atoms with Crippen LogP contribution in [-0.2, 0) is 0 Å². The molecule has 0 saturated heterocycles. The van der Waals surface area contributed by atoms with Gasteiger partial charge in [0.25, 0.3) is 5.69 Å². The second-order valence-electron chi connectivity index (χ2n) is 7.39. The Bertz CT molecular complexity index is 1490. The first-order valence-electron chi connectivity index (χ1n) is 10.3. The number of hydrogen-bond acceptors (Lipinski definition) is 8. The molecule has 0 bridgehead atoms. The summed E-state index contributed by atoms with van der Waals surface area (Å²) in [5, 5.41) is 11.8. The van der Waals surface area contributed by atoms with Crippen LogP contribution in [0.1, 0.15) is 33.2 Å². The van der Waals surface area contributed by atoms with Crippen LogP contribution in [0.3, 0.4) is 0 Å². The number of Topliss-reactive ketones (excluding diaryl/α,β-unsaturated/α-hetero) is 2. The Morgan fingerprint density at radius 3 is 2.47 bits per heavy atom. The molecule has 34 heavy (non-hydrogen) atoms. The number of benzene rings is 3. The number of nitro groups is 1. The van der Waals surface area contributed by atoms with Crippen LogP contribution in [0.5, 0.6) is 5.75 Å². The number of carbonyl (C=O) groups is 2. The van der Waals surface area contributed by atoms with Gasteiger partial charge in [-0.25, -0.2) is 4.98 Å². The van der Waals surface area contributed by atoms with Crippen molar-refractivity contribution < 1.29 is 19.2 Å². The van der Waals surface area contributed by atoms with Gasteiger partial charge < -0.3 is 4.74 Å². The van der Waals surface area contributed by atoms with Gasteiger partial charge in [0.1, 0.15) is 5.75 Å². The monoisotopic (exact) mass is 488 g/mol. The molecule has 1 aliphatic carbocycles. The van der Waals surface area contributed by atoms with Crippen molar-refractivity contribution in [3.63, 3.8) is 0 Å². The minimum atomic E-state index is -0.474. The second kappa shape index (κ2) is 8.85. The van der Waals surface area contributed by atoms with Crippen molar-refractivity contribution in [2.75, 3.05) is 6.61 Å². The van der Waals surface area contributed by atoms with Crippen LogP contribution < -0.4 is 4.74 Å². The molecule has 5 rings (SSSR count). The molecule has 0 saturated carbocycles. The molecule has 0 unspecified atom stereocenters. The largest absolute Gasteiger partial charge is 0.494 e. The fourth-order valence-electron chi connectivity index (χ4n) is 3.70. The van der Waals surface area contributed by atoms with Crippen molar-refractivity contribution in [1.82, 2.24) is 4.98 Å². The highest BCUT2D eigenvalue weighted by Gasteiger charge is 2.32. The van der Waals surface area contributed by atoms with Crippen molar-refractivity contribution >= 4 is 56.6 Å². The van der Waals surface area contributed by atoms with E-state index in [-0.39, 0.29) is 22.8 Å². The van der Waals surface area contributed by atoms with Crippen LogP contribution in [-0.4, -0.2) is 28.1 Å². The lowest BCUT2D eigenvalue weighted by Crippen LogP contribution is -2.00. The zero-order valence-corrected chi connectivity index (χ0v) is 19.4. The molecule has 9 heteroatoms. The normalized spacial score (nSPS) is 12.8. The van der Waals surface area contributed by atoms with Crippen molar-refractivity contribution in [2.45, 2.75) is 16.2 Å². The Balaban J connectivity index is 1.46. The zero-order valence-electron chi connectivity index (χ0n) is 17.8. The van der Waals surface area contributed by atoms with E-state index >= 15 is 0 Å². The minimum absolute atomic E-state index is 0.00664. The molecule has 0 radical (unpaired) electrons. The first kappa shape index (κ1) is 22.0. The standard InChI is InChI=1S/C25H16N2O5S2/c1-2-32-15-8-9-19-22(13-15)34-25(26-19)33-21-10-7-14(12-20(21)27(30)31)11-18-23(28)16-5-3-4-6-17(16)24(18)29/h3-13H,2H2,1H3. The number of allylic oxidation sites excluding steroid dienone is 1. The molecule has 168 valence electrons. The number of ether oxygens (including phenoxy) is 1. The maximum Gasteiger partial charge on any atom is 0.283 e. The van der Waals surface area contributed by atoms with E-state index < -0.39 is 4.92 Å². The second-order valence-corrected chi connectivity index (χ2v) is 9.71. The van der Waals surface area contributed by atoms with E-state index in [9.17, 15) is 19.7 Å². The number of ketones is 2. The lowest BCUT2D eigenvalue weighted by molar-refractivity contribution is -0.387. The zero-order chi connectivity index (χ0) is 23.8. The number of fused-ring (bicyclic) bond motifs is 2. The van der Waals surface area contributed by atoms with E-state index in [0.717, 1.165) is 16.0 Å². The minimum Gasteiger partial charge on any atom is -0.494 e. The highest BCUT2D eigenvalue weighted by molar-refractivity contribution is 8.01. The summed E-state index contributed by atoms with van der Waals surface area (Å²) in [5.74, 6) is 0.00179. The van der Waals surface area contributed by atoms with Gasteiger partial charge in [-0.2, -0.15) is 0 Å². The number of hydrogen-bond donors (Lipinski definition) is 0. The van der Waals surface area contributed by atoms with Crippen LogP contribution in [0.25, 0.3) is 16.3 Å². The fourth-order valence-corrected chi connectivity index (χ4v) is 5.84. The van der Waals surface area contributed by atoms with Gasteiger partial charge in [0, 0.05) is 17.2 Å². The van der Waals surface area contributed by atoms with Gasteiger partial charge in [-0.1, -0.05) is 42.1 Å². The Morgan fingerprint density at radius 2 is 1.79 bits per heavy atom. The van der Waals surface area contributed by atoms with Gasteiger partial charge >= 0.3 is 0 Å². The molecule has 1 heterocycles. The molecule has 3 aromatic carbocycles. The molecule has 0 fully saturated rings. The predicted octanol–water partition coefficient (Wildman–Crippen LogP) is 6.22. The molecule has 0 spiro atoms. The summed E-state index contributed by atoms with van der Waals surface area (Å²) < 4.78 is 7.11. The van der Waals surface area contributed by atoms with E-state index in [1.807, 2.05) is 25.1 Å². The predicted molar refractivity (Wildman–Crippen MR) is 131 cm³/mol. The van der Waals surface area contributed by atoms with Crippen LogP contribution in [0.4, 0.5) is 5.69 Å². The summed E-state index contributed by atoms with van der Waals surface area (Å²) in [6.07, 6.45) is 1.42. The average Bonchev–Trinajstić information content (AvgIpc) is 3.33. The Labute approximate surface area is 202 Å². The molecular formula is C25H16N2O5S2. The third-order valence-corrected chi connectivity index (χ3v) is 7.39. The lowest BCUT2D eigenvalue weighted by atomic mass is 10.1. The van der Waals surface area contributed by atoms with Crippen LogP contribution >= 0.6 is 23.1 Å². The number of carbonyl (C=O) groups excluding carboxylic acids is 2. The van der Waals surface area contributed by atoms with E-state index in [1.165, 1.54) is 35.2 Å². The van der Waals surface area contributed by atoms with Crippen LogP contribution in [0.15, 0.2) is 75.5 Å². The highest BCUT2D eigenvalue weighted by atomic mass is 32.2. The Hall–Kier alpha value is -3.82. The SMILES string of the molecule is CCOc1ccc2nc(Sc3ccc(C=C4C(=O)c5ccccc5C4=O)cc3[N+](=O)[O-])sc2c1. The van der Waals surface area contributed by atoms with Gasteiger partial charge in [0.05, 0.1) is 32.2 Å². The maximum atomic E-state index is 12.6. The van der Waals surface area contributed by atoms with Crippen molar-refractivity contribution in [1.29, 1.82) is 0 Å². The van der Waals surface area contributed by atoms with E-state index in [0.29, 0.717) is 32.5 Å². The quantitative estimate of drug-likeness (QED) is 0.137. The van der Waals surface area contributed by atoms with Gasteiger partial charge in [-0.3, -0.25) is 19.7 Å². The number of aromatic nitrogens is 1. The summed E-state index contributed by atoms with van der Waals surface area (Å²) in [5.41, 5.74) is 1.78. The number of nitro benzene ring substituents is 1. The molecule has 0 amide bonds. The van der Waals surface area contributed by atoms with E-state index in [4.69, 9.17) is 4.74 Å². The molecule has 4 aromatic rings. The molecule has 0 atom stereocenters. The smallest absolute Gasteiger partial charge is 0.283 e. The summed E-state index contributed by atoms with van der Waals surface area (Å²) in [7, 11) is 0. The first-order chi connectivity index (χ1) is 16.4. The number of nitrogens with zero attached hydrogens (tertiary/aromatic N) is 2. The number of thiazole rings is 1. The van der Waals surface area contributed by atoms with Crippen LogP contribution in [0, 0.1) is 10.1 Å². The summed E-state index contributed by atoms with van der Waals surface area (Å²) >= 11 is 2.62. The van der Waals surface area contributed by atoms with Gasteiger partial charge in [0.15, 0.2) is 15.9 Å². The van der Waals surface area contributed by atoms with Crippen molar-refractivity contribution in [3.8, 4) is 5.75 Å². The van der Waals surface area contributed by atoms with E-state index in [1.54, 1.807) is 36.4 Å². The average molecular weight is 489 g/mol. The van der Waals surface area contributed by atoms with Crippen LogP contribution in [0.2, 0.25) is 0 Å². The van der Waals surface area contributed by atoms with E-state index in [2.05, 4.69) is 4.98 Å². The summed E-state index contributed by atoms with van der Waals surface area (Å²) in [4.78, 5) is 41.6. The third kappa shape index (κ3) is 4.00. The molecule has 0 aliphatic heterocycles. The third-order valence-electron chi connectivity index (χ3n) is 5.24.